The van der Waals surface area contributed by atoms with Gasteiger partial charge in [0.1, 0.15) is 0 Å². The van der Waals surface area contributed by atoms with Crippen molar-refractivity contribution in [1.82, 2.24) is 10.2 Å². The van der Waals surface area contributed by atoms with Crippen molar-refractivity contribution in [1.29, 1.82) is 0 Å². The number of nitrogens with zero attached hydrogens (tertiary/aromatic N) is 1. The van der Waals surface area contributed by atoms with Crippen LogP contribution in [-0.4, -0.2) is 31.1 Å². The van der Waals surface area contributed by atoms with Crippen LogP contribution in [0.1, 0.15) is 24.8 Å². The minimum absolute atomic E-state index is 0.810. The maximum Gasteiger partial charge on any atom is 0.0231 e. The smallest absolute Gasteiger partial charge is 0.0231 e. The molecule has 0 heterocycles. The Kier molecular flexibility index (Phi) is 4.37. The van der Waals surface area contributed by atoms with Crippen molar-refractivity contribution in [3.05, 3.63) is 35.9 Å². The molecule has 0 bridgehead atoms. The van der Waals surface area contributed by atoms with Gasteiger partial charge in [-0.25, -0.2) is 0 Å². The fourth-order valence-electron chi connectivity index (χ4n) is 2.05. The second-order valence-corrected chi connectivity index (χ2v) is 4.81. The van der Waals surface area contributed by atoms with E-state index in [-0.39, 0.29) is 0 Å². The monoisotopic (exact) mass is 218 g/mol. The standard InChI is InChI=1S/C14H22N2/c1-16(11-10-15-14-8-5-9-14)12-13-6-3-2-4-7-13/h2-4,6-7,14-15H,5,8-12H2,1H3. The van der Waals surface area contributed by atoms with E-state index in [1.807, 2.05) is 0 Å². The van der Waals surface area contributed by atoms with Crippen LogP contribution in [-0.2, 0) is 6.54 Å². The fourth-order valence-corrected chi connectivity index (χ4v) is 2.05. The van der Waals surface area contributed by atoms with Crippen molar-refractivity contribution in [2.75, 3.05) is 20.1 Å². The SMILES string of the molecule is CN(CCNC1CCC1)Cc1ccccc1. The van der Waals surface area contributed by atoms with Crippen molar-refractivity contribution in [2.45, 2.75) is 31.8 Å². The Balaban J connectivity index is 1.62. The zero-order valence-electron chi connectivity index (χ0n) is 10.2. The molecule has 0 saturated heterocycles. The summed E-state index contributed by atoms with van der Waals surface area (Å²) in [4.78, 5) is 2.38. The van der Waals surface area contributed by atoms with Crippen molar-refractivity contribution in [2.24, 2.45) is 0 Å². The third-order valence-electron chi connectivity index (χ3n) is 3.33. The molecule has 0 aliphatic heterocycles. The van der Waals surface area contributed by atoms with E-state index < -0.39 is 0 Å². The molecule has 88 valence electrons. The van der Waals surface area contributed by atoms with Crippen LogP contribution >= 0.6 is 0 Å². The molecule has 0 amide bonds. The summed E-state index contributed by atoms with van der Waals surface area (Å²) in [7, 11) is 2.19. The largest absolute Gasteiger partial charge is 0.313 e. The van der Waals surface area contributed by atoms with Crippen LogP contribution in [0.5, 0.6) is 0 Å². The van der Waals surface area contributed by atoms with Crippen LogP contribution in [0.25, 0.3) is 0 Å². The van der Waals surface area contributed by atoms with Crippen LogP contribution in [0.4, 0.5) is 0 Å². The highest BCUT2D eigenvalue weighted by molar-refractivity contribution is 5.14. The Morgan fingerprint density at radius 2 is 2.00 bits per heavy atom. The number of nitrogens with one attached hydrogen (secondary N) is 1. The van der Waals surface area contributed by atoms with Crippen LogP contribution in [0, 0.1) is 0 Å². The average molecular weight is 218 g/mol. The summed E-state index contributed by atoms with van der Waals surface area (Å²) in [6, 6.07) is 11.5. The molecule has 1 saturated carbocycles. The first-order valence-corrected chi connectivity index (χ1v) is 6.30. The molecule has 1 fully saturated rings. The zero-order valence-corrected chi connectivity index (χ0v) is 10.2. The van der Waals surface area contributed by atoms with E-state index in [2.05, 4.69) is 47.6 Å². The molecule has 1 aliphatic carbocycles. The topological polar surface area (TPSA) is 15.3 Å². The Morgan fingerprint density at radius 1 is 1.25 bits per heavy atom. The van der Waals surface area contributed by atoms with Gasteiger partial charge in [0.05, 0.1) is 0 Å². The molecule has 1 aliphatic rings. The third kappa shape index (κ3) is 3.62. The van der Waals surface area contributed by atoms with E-state index >= 15 is 0 Å². The van der Waals surface area contributed by atoms with Gasteiger partial charge in [-0.2, -0.15) is 0 Å². The maximum absolute atomic E-state index is 3.59. The molecule has 1 N–H and O–H groups in total. The van der Waals surface area contributed by atoms with Crippen LogP contribution in [0.15, 0.2) is 30.3 Å². The quantitative estimate of drug-likeness (QED) is 0.788. The van der Waals surface area contributed by atoms with Gasteiger partial charge in [0.2, 0.25) is 0 Å². The first-order chi connectivity index (χ1) is 7.84. The molecule has 2 nitrogen and oxygen atoms in total. The average Bonchev–Trinajstić information content (AvgIpc) is 2.23. The molecule has 2 heteroatoms. The van der Waals surface area contributed by atoms with Crippen LogP contribution in [0.2, 0.25) is 0 Å². The Labute approximate surface area is 98.7 Å². The van der Waals surface area contributed by atoms with Gasteiger partial charge in [-0.3, -0.25) is 0 Å². The summed E-state index contributed by atoms with van der Waals surface area (Å²) < 4.78 is 0. The summed E-state index contributed by atoms with van der Waals surface area (Å²) >= 11 is 0. The Bertz CT molecular complexity index is 293. The van der Waals surface area contributed by atoms with Gasteiger partial charge < -0.3 is 10.2 Å². The summed E-state index contributed by atoms with van der Waals surface area (Å²) in [5, 5.41) is 3.59. The molecule has 2 rings (SSSR count). The van der Waals surface area contributed by atoms with Gasteiger partial charge in [0.25, 0.3) is 0 Å². The number of likely N-dealkylation sites (N-methyl/N-ethyl adjacent to an activating group) is 1. The van der Waals surface area contributed by atoms with Gasteiger partial charge in [-0.05, 0) is 25.5 Å². The van der Waals surface area contributed by atoms with E-state index in [0.29, 0.717) is 0 Å². The van der Waals surface area contributed by atoms with Gasteiger partial charge in [0, 0.05) is 25.7 Å². The normalized spacial score (nSPS) is 16.4. The van der Waals surface area contributed by atoms with E-state index in [1.165, 1.54) is 24.8 Å². The van der Waals surface area contributed by atoms with E-state index in [9.17, 15) is 0 Å². The lowest BCUT2D eigenvalue weighted by molar-refractivity contribution is 0.287. The molecule has 1 aromatic rings. The minimum atomic E-state index is 0.810. The van der Waals surface area contributed by atoms with Gasteiger partial charge >= 0.3 is 0 Å². The lowest BCUT2D eigenvalue weighted by atomic mass is 9.93. The first kappa shape index (κ1) is 11.6. The van der Waals surface area contributed by atoms with Crippen molar-refractivity contribution in [3.8, 4) is 0 Å². The summed E-state index contributed by atoms with van der Waals surface area (Å²) in [5.41, 5.74) is 1.40. The predicted molar refractivity (Wildman–Crippen MR) is 68.4 cm³/mol. The highest BCUT2D eigenvalue weighted by Crippen LogP contribution is 2.17. The summed E-state index contributed by atoms with van der Waals surface area (Å²) in [5.74, 6) is 0. The zero-order chi connectivity index (χ0) is 11.2. The van der Waals surface area contributed by atoms with E-state index in [4.69, 9.17) is 0 Å². The van der Waals surface area contributed by atoms with Crippen LogP contribution < -0.4 is 5.32 Å². The van der Waals surface area contributed by atoms with Crippen molar-refractivity contribution >= 4 is 0 Å². The molecular formula is C14H22N2. The van der Waals surface area contributed by atoms with E-state index in [1.54, 1.807) is 0 Å². The second-order valence-electron chi connectivity index (χ2n) is 4.81. The molecule has 0 aromatic heterocycles. The van der Waals surface area contributed by atoms with Crippen molar-refractivity contribution in [3.63, 3.8) is 0 Å². The molecule has 16 heavy (non-hydrogen) atoms. The maximum atomic E-state index is 3.59. The minimum Gasteiger partial charge on any atom is -0.313 e. The number of hydrogen-bond donors (Lipinski definition) is 1. The predicted octanol–water partition coefficient (Wildman–Crippen LogP) is 2.26. The third-order valence-corrected chi connectivity index (χ3v) is 3.33. The lowest BCUT2D eigenvalue weighted by Crippen LogP contribution is -2.39. The highest BCUT2D eigenvalue weighted by Gasteiger charge is 2.15. The number of benzene rings is 1. The second kappa shape index (κ2) is 6.02. The fraction of sp³-hybridized carbons (Fsp3) is 0.571. The number of rotatable bonds is 6. The van der Waals surface area contributed by atoms with Crippen LogP contribution in [0.3, 0.4) is 0 Å². The number of hydrogen-bond acceptors (Lipinski definition) is 2. The van der Waals surface area contributed by atoms with E-state index in [0.717, 1.165) is 25.7 Å². The molecule has 0 spiro atoms. The molecule has 1 aromatic carbocycles. The highest BCUT2D eigenvalue weighted by atomic mass is 15.1. The molecule has 0 unspecified atom stereocenters. The van der Waals surface area contributed by atoms with Gasteiger partial charge in [0.15, 0.2) is 0 Å². The van der Waals surface area contributed by atoms with Crippen molar-refractivity contribution < 1.29 is 0 Å². The summed E-state index contributed by atoms with van der Waals surface area (Å²) in [6.45, 7) is 3.30. The first-order valence-electron chi connectivity index (χ1n) is 6.30. The molecule has 0 atom stereocenters. The Morgan fingerprint density at radius 3 is 2.62 bits per heavy atom. The molecular weight excluding hydrogens is 196 g/mol. The Hall–Kier alpha value is -0.860. The lowest BCUT2D eigenvalue weighted by Gasteiger charge is -2.27. The van der Waals surface area contributed by atoms with Gasteiger partial charge in [-0.15, -0.1) is 0 Å². The molecule has 0 radical (unpaired) electrons. The summed E-state index contributed by atoms with van der Waals surface area (Å²) in [6.07, 6.45) is 4.17. The van der Waals surface area contributed by atoms with Gasteiger partial charge in [-0.1, -0.05) is 36.8 Å².